The molecule has 0 aliphatic carbocycles. The van der Waals surface area contributed by atoms with Crippen molar-refractivity contribution < 1.29 is 19.4 Å². The third-order valence-corrected chi connectivity index (χ3v) is 6.20. The van der Waals surface area contributed by atoms with Crippen LogP contribution >= 0.6 is 12.4 Å². The molecule has 0 bridgehead atoms. The number of ether oxygens (including phenoxy) is 1. The third kappa shape index (κ3) is 9.88. The Morgan fingerprint density at radius 3 is 2.43 bits per heavy atom. The summed E-state index contributed by atoms with van der Waals surface area (Å²) in [6.45, 7) is 2.47. The van der Waals surface area contributed by atoms with Gasteiger partial charge >= 0.3 is 0 Å². The summed E-state index contributed by atoms with van der Waals surface area (Å²) in [5, 5.41) is 17.1. The predicted octanol–water partition coefficient (Wildman–Crippen LogP) is 3.09. The molecule has 0 radical (unpaired) electrons. The fraction of sp³-hybridized carbons (Fsp3) is 0.481. The molecule has 2 aromatic carbocycles. The Balaban J connectivity index is 0.00000432. The van der Waals surface area contributed by atoms with Crippen LogP contribution in [0.3, 0.4) is 0 Å². The van der Waals surface area contributed by atoms with Crippen LogP contribution in [0.25, 0.3) is 0 Å². The van der Waals surface area contributed by atoms with Gasteiger partial charge in [0.25, 0.3) is 0 Å². The van der Waals surface area contributed by atoms with Gasteiger partial charge in [0.1, 0.15) is 5.75 Å². The summed E-state index contributed by atoms with van der Waals surface area (Å²) in [4.78, 5) is 26.9. The Labute approximate surface area is 214 Å². The van der Waals surface area contributed by atoms with Gasteiger partial charge in [-0.25, -0.2) is 0 Å². The molecule has 192 valence electrons. The van der Waals surface area contributed by atoms with Gasteiger partial charge in [-0.3, -0.25) is 9.59 Å². The Morgan fingerprint density at radius 1 is 1.00 bits per heavy atom. The van der Waals surface area contributed by atoms with Crippen molar-refractivity contribution in [1.29, 1.82) is 0 Å². The second-order valence-corrected chi connectivity index (χ2v) is 8.85. The monoisotopic (exact) mass is 503 g/mol. The molecule has 1 aliphatic rings. The molecule has 0 spiro atoms. The molecule has 2 atom stereocenters. The lowest BCUT2D eigenvalue weighted by molar-refractivity contribution is -0.134. The maximum absolute atomic E-state index is 12.7. The molecule has 8 heteroatoms. The Kier molecular flexibility index (Phi) is 12.6. The molecule has 2 amide bonds. The van der Waals surface area contributed by atoms with Crippen LogP contribution in [0.1, 0.15) is 43.2 Å². The van der Waals surface area contributed by atoms with Crippen molar-refractivity contribution in [1.82, 2.24) is 15.5 Å². The lowest BCUT2D eigenvalue weighted by Crippen LogP contribution is -2.48. The first-order chi connectivity index (χ1) is 16.5. The fourth-order valence-electron chi connectivity index (χ4n) is 4.24. The highest BCUT2D eigenvalue weighted by molar-refractivity contribution is 5.85. The van der Waals surface area contributed by atoms with Crippen molar-refractivity contribution in [2.45, 2.75) is 57.2 Å². The van der Waals surface area contributed by atoms with Crippen LogP contribution in [0.15, 0.2) is 54.6 Å². The number of benzene rings is 2. The summed E-state index contributed by atoms with van der Waals surface area (Å²) in [7, 11) is 1.63. The Bertz CT molecular complexity index is 906. The van der Waals surface area contributed by atoms with Crippen molar-refractivity contribution in [2.24, 2.45) is 0 Å². The topological polar surface area (TPSA) is 90.9 Å². The number of amides is 2. The normalized spacial score (nSPS) is 15.0. The Morgan fingerprint density at radius 2 is 1.71 bits per heavy atom. The van der Waals surface area contributed by atoms with Crippen LogP contribution in [0.2, 0.25) is 0 Å². The van der Waals surface area contributed by atoms with E-state index in [1.54, 1.807) is 7.11 Å². The fourth-order valence-corrected chi connectivity index (χ4v) is 4.24. The van der Waals surface area contributed by atoms with E-state index in [4.69, 9.17) is 4.74 Å². The molecule has 0 saturated carbocycles. The van der Waals surface area contributed by atoms with E-state index in [1.807, 2.05) is 59.5 Å². The van der Waals surface area contributed by atoms with Gasteiger partial charge in [0, 0.05) is 39.0 Å². The maximum atomic E-state index is 12.7. The standard InChI is InChI=1S/C27H37N3O4.ClH/c1-34-23-12-8-11-22(17-23)19-28-20-25(31)24(18-21-9-4-2-5-10-21)29-26(32)13-14-27(33)30-15-6-3-7-16-30;/h2,4-5,8-12,17,24-25,28,31H,3,6-7,13-16,18-20H2,1H3,(H,29,32);1H/t24-,25+;/m0./s1. The van der Waals surface area contributed by atoms with E-state index in [-0.39, 0.29) is 37.1 Å². The van der Waals surface area contributed by atoms with Crippen molar-refractivity contribution in [3.05, 3.63) is 65.7 Å². The molecule has 1 saturated heterocycles. The molecule has 3 rings (SSSR count). The van der Waals surface area contributed by atoms with E-state index in [1.165, 1.54) is 0 Å². The second-order valence-electron chi connectivity index (χ2n) is 8.85. The smallest absolute Gasteiger partial charge is 0.223 e. The molecule has 2 aromatic rings. The summed E-state index contributed by atoms with van der Waals surface area (Å²) in [5.74, 6) is 0.612. The average molecular weight is 504 g/mol. The predicted molar refractivity (Wildman–Crippen MR) is 140 cm³/mol. The molecule has 1 fully saturated rings. The SMILES string of the molecule is COc1cccc(CNC[C@@H](O)[C@H](Cc2ccccc2)NC(=O)CCC(=O)N2CCCCC2)c1.Cl. The number of rotatable bonds is 12. The van der Waals surface area contributed by atoms with E-state index in [0.717, 1.165) is 49.2 Å². The van der Waals surface area contributed by atoms with Gasteiger partial charge < -0.3 is 25.4 Å². The number of hydrogen-bond donors (Lipinski definition) is 3. The van der Waals surface area contributed by atoms with E-state index in [9.17, 15) is 14.7 Å². The zero-order valence-electron chi connectivity index (χ0n) is 20.4. The van der Waals surface area contributed by atoms with Gasteiger partial charge in [-0.05, 0) is 48.9 Å². The lowest BCUT2D eigenvalue weighted by atomic mass is 10.0. The molecule has 0 aromatic heterocycles. The molecule has 0 unspecified atom stereocenters. The minimum Gasteiger partial charge on any atom is -0.497 e. The van der Waals surface area contributed by atoms with Crippen molar-refractivity contribution in [3.63, 3.8) is 0 Å². The summed E-state index contributed by atoms with van der Waals surface area (Å²) in [5.41, 5.74) is 2.08. The molecule has 35 heavy (non-hydrogen) atoms. The third-order valence-electron chi connectivity index (χ3n) is 6.20. The maximum Gasteiger partial charge on any atom is 0.223 e. The van der Waals surface area contributed by atoms with Crippen LogP contribution in [-0.4, -0.2) is 60.7 Å². The largest absolute Gasteiger partial charge is 0.497 e. The second kappa shape index (κ2) is 15.4. The molecule has 7 nitrogen and oxygen atoms in total. The first kappa shape index (κ1) is 28.6. The number of piperidine rings is 1. The average Bonchev–Trinajstić information content (AvgIpc) is 2.88. The number of likely N-dealkylation sites (tertiary alicyclic amines) is 1. The first-order valence-electron chi connectivity index (χ1n) is 12.2. The zero-order chi connectivity index (χ0) is 24.2. The summed E-state index contributed by atoms with van der Waals surface area (Å²) in [6.07, 6.45) is 3.29. The molecular weight excluding hydrogens is 466 g/mol. The van der Waals surface area contributed by atoms with Gasteiger partial charge in [0.05, 0.1) is 19.3 Å². The number of carbonyl (C=O) groups excluding carboxylic acids is 2. The molecule has 1 heterocycles. The minimum atomic E-state index is -0.785. The number of nitrogens with zero attached hydrogens (tertiary/aromatic N) is 1. The number of hydrogen-bond acceptors (Lipinski definition) is 5. The molecule has 3 N–H and O–H groups in total. The van der Waals surface area contributed by atoms with Crippen LogP contribution in [0.4, 0.5) is 0 Å². The van der Waals surface area contributed by atoms with Crippen molar-refractivity contribution >= 4 is 24.2 Å². The highest BCUT2D eigenvalue weighted by Gasteiger charge is 2.23. The summed E-state index contributed by atoms with van der Waals surface area (Å²) >= 11 is 0. The number of carbonyl (C=O) groups is 2. The van der Waals surface area contributed by atoms with Crippen LogP contribution in [0.5, 0.6) is 5.75 Å². The molecular formula is C27H38ClN3O4. The van der Waals surface area contributed by atoms with Gasteiger partial charge in [0.15, 0.2) is 0 Å². The van der Waals surface area contributed by atoms with Crippen LogP contribution < -0.4 is 15.4 Å². The van der Waals surface area contributed by atoms with E-state index >= 15 is 0 Å². The van der Waals surface area contributed by atoms with E-state index in [0.29, 0.717) is 19.5 Å². The number of aliphatic hydroxyl groups excluding tert-OH is 1. The van der Waals surface area contributed by atoms with Gasteiger partial charge in [-0.1, -0.05) is 42.5 Å². The van der Waals surface area contributed by atoms with E-state index in [2.05, 4.69) is 10.6 Å². The lowest BCUT2D eigenvalue weighted by Gasteiger charge is -2.27. The van der Waals surface area contributed by atoms with Gasteiger partial charge in [-0.15, -0.1) is 12.4 Å². The summed E-state index contributed by atoms with van der Waals surface area (Å²) < 4.78 is 5.26. The van der Waals surface area contributed by atoms with Crippen LogP contribution in [-0.2, 0) is 22.6 Å². The van der Waals surface area contributed by atoms with Crippen LogP contribution in [0, 0.1) is 0 Å². The van der Waals surface area contributed by atoms with Gasteiger partial charge in [0.2, 0.25) is 11.8 Å². The minimum absolute atomic E-state index is 0. The quantitative estimate of drug-likeness (QED) is 0.414. The number of halogens is 1. The number of aliphatic hydroxyl groups is 1. The zero-order valence-corrected chi connectivity index (χ0v) is 21.3. The van der Waals surface area contributed by atoms with Crippen molar-refractivity contribution in [3.8, 4) is 5.75 Å². The Hall–Kier alpha value is -2.61. The van der Waals surface area contributed by atoms with Gasteiger partial charge in [-0.2, -0.15) is 0 Å². The van der Waals surface area contributed by atoms with E-state index < -0.39 is 12.1 Å². The van der Waals surface area contributed by atoms with Crippen molar-refractivity contribution in [2.75, 3.05) is 26.7 Å². The highest BCUT2D eigenvalue weighted by Crippen LogP contribution is 2.13. The number of nitrogens with one attached hydrogen (secondary N) is 2. The highest BCUT2D eigenvalue weighted by atomic mass is 35.5. The number of methoxy groups -OCH3 is 1. The summed E-state index contributed by atoms with van der Waals surface area (Å²) in [6, 6.07) is 17.1. The molecule has 1 aliphatic heterocycles. The first-order valence-corrected chi connectivity index (χ1v) is 12.2.